The molecule has 1 saturated heterocycles. The molecule has 1 aliphatic heterocycles. The van der Waals surface area contributed by atoms with Crippen LogP contribution in [-0.2, 0) is 10.8 Å². The summed E-state index contributed by atoms with van der Waals surface area (Å²) in [5, 5.41) is 20.8. The number of phenols is 1. The van der Waals surface area contributed by atoms with Gasteiger partial charge in [0, 0.05) is 41.1 Å². The topological polar surface area (TPSA) is 107 Å². The third-order valence-corrected chi connectivity index (χ3v) is 4.22. The van der Waals surface area contributed by atoms with Gasteiger partial charge in [-0.15, -0.1) is 0 Å². The number of rotatable bonds is 2. The number of hydrogen-bond acceptors (Lipinski definition) is 4. The Balaban J connectivity index is 2.06. The van der Waals surface area contributed by atoms with Gasteiger partial charge in [-0.3, -0.25) is 4.21 Å². The summed E-state index contributed by atoms with van der Waals surface area (Å²) in [5.41, 5.74) is 0.0134. The van der Waals surface area contributed by atoms with Gasteiger partial charge >= 0.3 is 12.0 Å². The molecule has 0 unspecified atom stereocenters. The maximum atomic E-state index is 11.9. The molecule has 0 aliphatic carbocycles. The van der Waals surface area contributed by atoms with E-state index in [1.807, 2.05) is 0 Å². The number of amides is 2. The molecular weight excluding hydrogens is 284 g/mol. The Labute approximate surface area is 117 Å². The van der Waals surface area contributed by atoms with Crippen LogP contribution >= 0.6 is 0 Å². The Hall–Kier alpha value is -2.09. The summed E-state index contributed by atoms with van der Waals surface area (Å²) < 4.78 is 11.2. The van der Waals surface area contributed by atoms with Gasteiger partial charge in [-0.25, -0.2) is 9.59 Å². The molecule has 2 amide bonds. The molecule has 7 nitrogen and oxygen atoms in total. The van der Waals surface area contributed by atoms with Crippen molar-refractivity contribution in [2.45, 2.75) is 0 Å². The Morgan fingerprint density at radius 3 is 2.50 bits per heavy atom. The zero-order valence-corrected chi connectivity index (χ0v) is 11.4. The molecular formula is C12H14N2O5S. The number of carboxylic acid groups (broad SMARTS) is 1. The van der Waals surface area contributed by atoms with Crippen LogP contribution in [0.2, 0.25) is 0 Å². The number of anilines is 1. The number of hydrogen-bond donors (Lipinski definition) is 3. The number of carbonyl (C=O) groups is 2. The molecule has 0 bridgehead atoms. The molecule has 0 aromatic heterocycles. The second-order valence-corrected chi connectivity index (χ2v) is 6.00. The van der Waals surface area contributed by atoms with E-state index in [9.17, 15) is 18.9 Å². The van der Waals surface area contributed by atoms with Crippen molar-refractivity contribution in [2.24, 2.45) is 0 Å². The van der Waals surface area contributed by atoms with Crippen molar-refractivity contribution in [2.75, 3.05) is 29.9 Å². The fourth-order valence-electron chi connectivity index (χ4n) is 1.83. The molecule has 3 N–H and O–H groups in total. The number of urea groups is 1. The fourth-order valence-corrected chi connectivity index (χ4v) is 2.88. The van der Waals surface area contributed by atoms with Crippen molar-refractivity contribution in [3.8, 4) is 5.75 Å². The summed E-state index contributed by atoms with van der Waals surface area (Å²) in [4.78, 5) is 24.3. The second kappa shape index (κ2) is 5.91. The first-order valence-corrected chi connectivity index (χ1v) is 7.43. The normalized spacial score (nSPS) is 15.9. The molecule has 0 saturated carbocycles. The fraction of sp³-hybridized carbons (Fsp3) is 0.333. The van der Waals surface area contributed by atoms with Gasteiger partial charge in [0.25, 0.3) is 0 Å². The lowest BCUT2D eigenvalue weighted by Crippen LogP contribution is -2.43. The standard InChI is InChI=1S/C12H14N2O5S/c15-10-2-1-8(7-9(10)11(16)17)13-12(18)14-3-5-20(19)6-4-14/h1-2,7,15H,3-6H2,(H,13,18)(H,16,17). The number of aromatic carboxylic acids is 1. The molecule has 0 radical (unpaired) electrons. The van der Waals surface area contributed by atoms with E-state index in [0.29, 0.717) is 24.6 Å². The van der Waals surface area contributed by atoms with Gasteiger partial charge in [-0.05, 0) is 18.2 Å². The number of benzene rings is 1. The van der Waals surface area contributed by atoms with Crippen LogP contribution in [0.4, 0.5) is 10.5 Å². The second-order valence-electron chi connectivity index (χ2n) is 4.30. The van der Waals surface area contributed by atoms with Gasteiger partial charge in [0.15, 0.2) is 0 Å². The molecule has 1 aromatic carbocycles. The van der Waals surface area contributed by atoms with Crippen LogP contribution in [0.25, 0.3) is 0 Å². The molecule has 1 heterocycles. The average molecular weight is 298 g/mol. The largest absolute Gasteiger partial charge is 0.507 e. The quantitative estimate of drug-likeness (QED) is 0.696. The van der Waals surface area contributed by atoms with Crippen LogP contribution in [0.5, 0.6) is 5.75 Å². The van der Waals surface area contributed by atoms with E-state index in [-0.39, 0.29) is 23.0 Å². The molecule has 108 valence electrons. The predicted molar refractivity (Wildman–Crippen MR) is 73.5 cm³/mol. The monoisotopic (exact) mass is 298 g/mol. The number of aromatic hydroxyl groups is 1. The Morgan fingerprint density at radius 2 is 1.90 bits per heavy atom. The molecule has 1 fully saturated rings. The van der Waals surface area contributed by atoms with Crippen molar-refractivity contribution < 1.29 is 24.0 Å². The molecule has 0 spiro atoms. The van der Waals surface area contributed by atoms with Crippen molar-refractivity contribution in [3.63, 3.8) is 0 Å². The zero-order chi connectivity index (χ0) is 14.7. The predicted octanol–water partition coefficient (Wildman–Crippen LogP) is 0.687. The van der Waals surface area contributed by atoms with E-state index in [0.717, 1.165) is 0 Å². The Kier molecular flexibility index (Phi) is 4.23. The summed E-state index contributed by atoms with van der Waals surface area (Å²) in [6.07, 6.45) is 0. The van der Waals surface area contributed by atoms with Gasteiger partial charge in [-0.1, -0.05) is 0 Å². The van der Waals surface area contributed by atoms with Crippen LogP contribution in [0.1, 0.15) is 10.4 Å². The maximum Gasteiger partial charge on any atom is 0.339 e. The van der Waals surface area contributed by atoms with E-state index in [1.165, 1.54) is 23.1 Å². The van der Waals surface area contributed by atoms with Crippen LogP contribution < -0.4 is 5.32 Å². The van der Waals surface area contributed by atoms with Crippen molar-refractivity contribution in [1.29, 1.82) is 0 Å². The summed E-state index contributed by atoms with van der Waals surface area (Å²) in [7, 11) is -0.869. The molecule has 8 heteroatoms. The third-order valence-electron chi connectivity index (χ3n) is 2.94. The number of carbonyl (C=O) groups excluding carboxylic acids is 1. The Bertz CT molecular complexity index is 565. The Morgan fingerprint density at radius 1 is 1.25 bits per heavy atom. The first kappa shape index (κ1) is 14.3. The molecule has 1 aliphatic rings. The van der Waals surface area contributed by atoms with Crippen molar-refractivity contribution in [1.82, 2.24) is 4.90 Å². The summed E-state index contributed by atoms with van der Waals surface area (Å²) in [6.45, 7) is 0.810. The van der Waals surface area contributed by atoms with Gasteiger partial charge in [0.05, 0.1) is 0 Å². The average Bonchev–Trinajstić information content (AvgIpc) is 2.41. The van der Waals surface area contributed by atoms with E-state index in [2.05, 4.69) is 5.32 Å². The highest BCUT2D eigenvalue weighted by molar-refractivity contribution is 7.85. The number of nitrogens with one attached hydrogen (secondary N) is 1. The van der Waals surface area contributed by atoms with E-state index in [4.69, 9.17) is 5.11 Å². The highest BCUT2D eigenvalue weighted by Gasteiger charge is 2.20. The maximum absolute atomic E-state index is 11.9. The third kappa shape index (κ3) is 3.27. The minimum Gasteiger partial charge on any atom is -0.507 e. The van der Waals surface area contributed by atoms with Crippen LogP contribution in [0, 0.1) is 0 Å². The lowest BCUT2D eigenvalue weighted by Gasteiger charge is -2.26. The molecule has 2 rings (SSSR count). The smallest absolute Gasteiger partial charge is 0.339 e. The molecule has 20 heavy (non-hydrogen) atoms. The van der Waals surface area contributed by atoms with Crippen LogP contribution in [0.15, 0.2) is 18.2 Å². The highest BCUT2D eigenvalue weighted by Crippen LogP contribution is 2.21. The van der Waals surface area contributed by atoms with Gasteiger partial charge in [-0.2, -0.15) is 0 Å². The van der Waals surface area contributed by atoms with E-state index >= 15 is 0 Å². The van der Waals surface area contributed by atoms with Crippen LogP contribution in [-0.4, -0.2) is 55.9 Å². The van der Waals surface area contributed by atoms with Gasteiger partial charge in [0.1, 0.15) is 11.3 Å². The SMILES string of the molecule is O=C(O)c1cc(NC(=O)N2CCS(=O)CC2)ccc1O. The van der Waals surface area contributed by atoms with Crippen LogP contribution in [0.3, 0.4) is 0 Å². The lowest BCUT2D eigenvalue weighted by molar-refractivity contribution is 0.0693. The minimum atomic E-state index is -1.27. The van der Waals surface area contributed by atoms with Crippen molar-refractivity contribution >= 4 is 28.5 Å². The molecule has 0 atom stereocenters. The van der Waals surface area contributed by atoms with E-state index < -0.39 is 16.8 Å². The highest BCUT2D eigenvalue weighted by atomic mass is 32.2. The summed E-state index contributed by atoms with van der Waals surface area (Å²) >= 11 is 0. The first-order chi connectivity index (χ1) is 9.47. The number of carboxylic acids is 1. The lowest BCUT2D eigenvalue weighted by atomic mass is 10.2. The van der Waals surface area contributed by atoms with Crippen molar-refractivity contribution in [3.05, 3.63) is 23.8 Å². The minimum absolute atomic E-state index is 0.275. The summed E-state index contributed by atoms with van der Waals surface area (Å²) in [6, 6.07) is 3.45. The first-order valence-electron chi connectivity index (χ1n) is 5.94. The molecule has 1 aromatic rings. The number of nitrogens with zero attached hydrogens (tertiary/aromatic N) is 1. The van der Waals surface area contributed by atoms with E-state index in [1.54, 1.807) is 0 Å². The van der Waals surface area contributed by atoms with Gasteiger partial charge < -0.3 is 20.4 Å². The summed E-state index contributed by atoms with van der Waals surface area (Å²) in [5.74, 6) is -0.733. The van der Waals surface area contributed by atoms with Gasteiger partial charge in [0.2, 0.25) is 0 Å². The zero-order valence-electron chi connectivity index (χ0n) is 10.5.